The Balaban J connectivity index is 0.00000169. The summed E-state index contributed by atoms with van der Waals surface area (Å²) in [6.07, 6.45) is 0. The smallest absolute Gasteiger partial charge is 0.161 e. The van der Waals surface area contributed by atoms with Gasteiger partial charge in [-0.2, -0.15) is 0 Å². The Hall–Kier alpha value is -0.930. The molecule has 0 fully saturated rings. The number of ether oxygens (including phenoxy) is 2. The first kappa shape index (κ1) is 13.1. The first-order chi connectivity index (χ1) is 6.31. The summed E-state index contributed by atoms with van der Waals surface area (Å²) >= 11 is 0. The lowest BCUT2D eigenvalue weighted by Gasteiger charge is -2.08. The Kier molecular flexibility index (Phi) is 6.08. The molecule has 3 nitrogen and oxygen atoms in total. The van der Waals surface area contributed by atoms with E-state index in [4.69, 9.17) is 9.47 Å². The van der Waals surface area contributed by atoms with Crippen molar-refractivity contribution in [2.45, 2.75) is 6.54 Å². The zero-order valence-corrected chi connectivity index (χ0v) is 9.47. The van der Waals surface area contributed by atoms with Gasteiger partial charge in [-0.1, -0.05) is 0 Å². The Morgan fingerprint density at radius 1 is 1.14 bits per heavy atom. The predicted octanol–water partition coefficient (Wildman–Crippen LogP) is -2.60. The quantitative estimate of drug-likeness (QED) is 0.601. The molecule has 2 N–H and O–H groups in total. The summed E-state index contributed by atoms with van der Waals surface area (Å²) in [4.78, 5) is 0. The van der Waals surface area contributed by atoms with Crippen LogP contribution >= 0.6 is 0 Å². The monoisotopic (exact) mass is 217 g/mol. The summed E-state index contributed by atoms with van der Waals surface area (Å²) in [6, 6.07) is 5.97. The molecule has 0 aromatic heterocycles. The number of rotatable bonds is 4. The summed E-state index contributed by atoms with van der Waals surface area (Å²) in [5, 5.41) is 2.11. The van der Waals surface area contributed by atoms with Crippen LogP contribution in [0.1, 0.15) is 5.56 Å². The average Bonchev–Trinajstić information content (AvgIpc) is 2.18. The minimum atomic E-state index is 0. The Morgan fingerprint density at radius 3 is 2.29 bits per heavy atom. The van der Waals surface area contributed by atoms with Crippen LogP contribution in [0.15, 0.2) is 18.2 Å². The average molecular weight is 218 g/mol. The largest absolute Gasteiger partial charge is 1.00 e. The molecule has 0 amide bonds. The molecule has 0 saturated carbocycles. The fourth-order valence-electron chi connectivity index (χ4n) is 1.24. The fraction of sp³-hybridized carbons (Fsp3) is 0.400. The highest BCUT2D eigenvalue weighted by molar-refractivity contribution is 5.42. The maximum Gasteiger partial charge on any atom is 0.161 e. The number of methoxy groups -OCH3 is 2. The predicted molar refractivity (Wildman–Crippen MR) is 51.1 cm³/mol. The van der Waals surface area contributed by atoms with Crippen molar-refractivity contribution in [3.05, 3.63) is 23.8 Å². The molecule has 0 saturated heterocycles. The van der Waals surface area contributed by atoms with Crippen molar-refractivity contribution in [3.8, 4) is 11.5 Å². The van der Waals surface area contributed by atoms with Crippen molar-refractivity contribution in [2.24, 2.45) is 0 Å². The first-order valence-corrected chi connectivity index (χ1v) is 4.30. The highest BCUT2D eigenvalue weighted by Gasteiger charge is 2.04. The molecule has 1 rings (SSSR count). The van der Waals surface area contributed by atoms with Crippen molar-refractivity contribution in [3.63, 3.8) is 0 Å². The highest BCUT2D eigenvalue weighted by atomic mass is 35.5. The third kappa shape index (κ3) is 3.09. The van der Waals surface area contributed by atoms with Gasteiger partial charge in [0, 0.05) is 5.56 Å². The van der Waals surface area contributed by atoms with E-state index in [1.165, 1.54) is 5.56 Å². The SMILES string of the molecule is C[NH2+]Cc1ccc(OC)c(OC)c1.[Cl-]. The van der Waals surface area contributed by atoms with Crippen LogP contribution in [0.2, 0.25) is 0 Å². The fourth-order valence-corrected chi connectivity index (χ4v) is 1.24. The van der Waals surface area contributed by atoms with Gasteiger partial charge in [-0.3, -0.25) is 0 Å². The van der Waals surface area contributed by atoms with Crippen LogP contribution in [-0.2, 0) is 6.54 Å². The normalized spacial score (nSPS) is 9.07. The first-order valence-electron chi connectivity index (χ1n) is 4.30. The number of halogens is 1. The van der Waals surface area contributed by atoms with Crippen LogP contribution in [0, 0.1) is 0 Å². The molecule has 4 heteroatoms. The summed E-state index contributed by atoms with van der Waals surface area (Å²) in [6.45, 7) is 0.959. The van der Waals surface area contributed by atoms with Crippen molar-refractivity contribution in [2.75, 3.05) is 21.3 Å². The van der Waals surface area contributed by atoms with Gasteiger partial charge in [0.05, 0.1) is 21.3 Å². The van der Waals surface area contributed by atoms with E-state index in [2.05, 4.69) is 5.32 Å². The third-order valence-electron chi connectivity index (χ3n) is 1.89. The third-order valence-corrected chi connectivity index (χ3v) is 1.89. The van der Waals surface area contributed by atoms with Gasteiger partial charge in [-0.25, -0.2) is 0 Å². The summed E-state index contributed by atoms with van der Waals surface area (Å²) < 4.78 is 10.3. The molecular formula is C10H16ClNO2. The molecule has 0 aliphatic carbocycles. The van der Waals surface area contributed by atoms with Gasteiger partial charge in [0.2, 0.25) is 0 Å². The van der Waals surface area contributed by atoms with Crippen LogP contribution in [-0.4, -0.2) is 21.3 Å². The maximum atomic E-state index is 5.18. The minimum Gasteiger partial charge on any atom is -1.00 e. The van der Waals surface area contributed by atoms with Crippen molar-refractivity contribution >= 4 is 0 Å². The molecule has 80 valence electrons. The van der Waals surface area contributed by atoms with Crippen molar-refractivity contribution < 1.29 is 27.2 Å². The lowest BCUT2D eigenvalue weighted by Crippen LogP contribution is -3.00. The second kappa shape index (κ2) is 6.51. The van der Waals surface area contributed by atoms with E-state index in [-0.39, 0.29) is 12.4 Å². The minimum absolute atomic E-state index is 0. The van der Waals surface area contributed by atoms with Gasteiger partial charge in [-0.15, -0.1) is 0 Å². The van der Waals surface area contributed by atoms with Gasteiger partial charge < -0.3 is 27.2 Å². The van der Waals surface area contributed by atoms with Crippen molar-refractivity contribution in [1.29, 1.82) is 0 Å². The molecule has 0 aliphatic rings. The van der Waals surface area contributed by atoms with Crippen LogP contribution in [0.3, 0.4) is 0 Å². The lowest BCUT2D eigenvalue weighted by molar-refractivity contribution is -0.643. The zero-order valence-electron chi connectivity index (χ0n) is 8.71. The second-order valence-corrected chi connectivity index (χ2v) is 2.80. The number of hydrogen-bond acceptors (Lipinski definition) is 2. The molecule has 0 aliphatic heterocycles. The number of nitrogens with two attached hydrogens (primary N) is 1. The standard InChI is InChI=1S/C10H15NO2.ClH/c1-11-7-8-4-5-9(12-2)10(6-8)13-3;/h4-6,11H,7H2,1-3H3;1H. The van der Waals surface area contributed by atoms with Gasteiger partial charge in [0.15, 0.2) is 11.5 Å². The Bertz CT molecular complexity index is 279. The molecule has 1 aromatic carbocycles. The maximum absolute atomic E-state index is 5.18. The zero-order chi connectivity index (χ0) is 9.68. The Labute approximate surface area is 90.8 Å². The van der Waals surface area contributed by atoms with E-state index in [0.717, 1.165) is 18.0 Å². The summed E-state index contributed by atoms with van der Waals surface area (Å²) in [5.74, 6) is 1.57. The number of hydrogen-bond donors (Lipinski definition) is 1. The molecule has 0 spiro atoms. The van der Waals surface area contributed by atoms with E-state index in [1.54, 1.807) is 14.2 Å². The molecule has 0 heterocycles. The molecular weight excluding hydrogens is 202 g/mol. The van der Waals surface area contributed by atoms with E-state index in [0.29, 0.717) is 0 Å². The van der Waals surface area contributed by atoms with Crippen LogP contribution in [0.5, 0.6) is 11.5 Å². The van der Waals surface area contributed by atoms with E-state index in [1.807, 2.05) is 25.2 Å². The highest BCUT2D eigenvalue weighted by Crippen LogP contribution is 2.26. The van der Waals surface area contributed by atoms with E-state index < -0.39 is 0 Å². The molecule has 1 aromatic rings. The van der Waals surface area contributed by atoms with Crippen LogP contribution < -0.4 is 27.2 Å². The van der Waals surface area contributed by atoms with E-state index >= 15 is 0 Å². The van der Waals surface area contributed by atoms with Crippen molar-refractivity contribution in [1.82, 2.24) is 0 Å². The topological polar surface area (TPSA) is 35.1 Å². The number of quaternary nitrogens is 1. The molecule has 0 unspecified atom stereocenters. The van der Waals surface area contributed by atoms with Gasteiger partial charge in [-0.05, 0) is 18.2 Å². The molecule has 0 radical (unpaired) electrons. The van der Waals surface area contributed by atoms with Gasteiger partial charge >= 0.3 is 0 Å². The summed E-state index contributed by atoms with van der Waals surface area (Å²) in [7, 11) is 5.33. The van der Waals surface area contributed by atoms with Gasteiger partial charge in [0.1, 0.15) is 6.54 Å². The summed E-state index contributed by atoms with van der Waals surface area (Å²) in [5.41, 5.74) is 1.24. The molecule has 0 bridgehead atoms. The molecule has 0 atom stereocenters. The van der Waals surface area contributed by atoms with Crippen LogP contribution in [0.4, 0.5) is 0 Å². The molecule has 14 heavy (non-hydrogen) atoms. The Morgan fingerprint density at radius 2 is 1.79 bits per heavy atom. The van der Waals surface area contributed by atoms with Gasteiger partial charge in [0.25, 0.3) is 0 Å². The van der Waals surface area contributed by atoms with E-state index in [9.17, 15) is 0 Å². The number of benzene rings is 1. The van der Waals surface area contributed by atoms with Crippen LogP contribution in [0.25, 0.3) is 0 Å². The lowest BCUT2D eigenvalue weighted by atomic mass is 10.2. The second-order valence-electron chi connectivity index (χ2n) is 2.80.